The molecule has 0 amide bonds. The van der Waals surface area contributed by atoms with Crippen LogP contribution < -0.4 is 9.47 Å². The number of carboxylic acid groups (broad SMARTS) is 1. The number of rotatable bonds is 2. The van der Waals surface area contributed by atoms with Gasteiger partial charge in [-0.3, -0.25) is 0 Å². The van der Waals surface area contributed by atoms with Crippen LogP contribution in [0.25, 0.3) is 0 Å². The van der Waals surface area contributed by atoms with Crippen molar-refractivity contribution in [3.05, 3.63) is 22.2 Å². The quantitative estimate of drug-likeness (QED) is 0.870. The zero-order valence-corrected chi connectivity index (χ0v) is 10.4. The fraction of sp³-hybridized carbons (Fsp3) is 0.364. The highest BCUT2D eigenvalue weighted by Gasteiger charge is 2.27. The van der Waals surface area contributed by atoms with Gasteiger partial charge < -0.3 is 19.7 Å². The third kappa shape index (κ3) is 2.37. The summed E-state index contributed by atoms with van der Waals surface area (Å²) in [6.07, 6.45) is -0.921. The van der Waals surface area contributed by atoms with E-state index in [1.165, 1.54) is 0 Å². The van der Waals surface area contributed by atoms with Crippen molar-refractivity contribution in [2.75, 3.05) is 13.2 Å². The Balaban J connectivity index is 2.52. The van der Waals surface area contributed by atoms with Crippen molar-refractivity contribution in [3.8, 4) is 11.5 Å². The Morgan fingerprint density at radius 2 is 2.06 bits per heavy atom. The molecule has 0 saturated carbocycles. The molecule has 0 aromatic heterocycles. The van der Waals surface area contributed by atoms with E-state index >= 15 is 0 Å². The van der Waals surface area contributed by atoms with Gasteiger partial charge in [0, 0.05) is 10.9 Å². The molecule has 0 bridgehead atoms. The minimum absolute atomic E-state index is 0.192. The first-order valence-corrected chi connectivity index (χ1v) is 5.89. The van der Waals surface area contributed by atoms with Crippen molar-refractivity contribution in [1.29, 1.82) is 0 Å². The molecule has 0 radical (unpaired) electrons. The first kappa shape index (κ1) is 12.2. The highest BCUT2D eigenvalue weighted by Crippen LogP contribution is 2.41. The van der Waals surface area contributed by atoms with Crippen molar-refractivity contribution in [1.82, 2.24) is 0 Å². The molecular weight excluding hydrogens is 292 g/mol. The summed E-state index contributed by atoms with van der Waals surface area (Å²) in [6.45, 7) is 0.944. The highest BCUT2D eigenvalue weighted by atomic mass is 79.9. The predicted molar refractivity (Wildman–Crippen MR) is 62.3 cm³/mol. The van der Waals surface area contributed by atoms with E-state index < -0.39 is 12.1 Å². The molecule has 0 saturated heterocycles. The molecule has 1 atom stereocenters. The summed E-state index contributed by atoms with van der Waals surface area (Å²) in [7, 11) is 0. The van der Waals surface area contributed by atoms with E-state index in [9.17, 15) is 9.90 Å². The zero-order valence-electron chi connectivity index (χ0n) is 8.85. The highest BCUT2D eigenvalue weighted by molar-refractivity contribution is 9.10. The molecule has 1 aliphatic rings. The number of aliphatic hydroxyl groups excluding tert-OH is 1. The van der Waals surface area contributed by atoms with Crippen molar-refractivity contribution >= 4 is 21.9 Å². The number of fused-ring (bicyclic) bond motifs is 1. The molecular formula is C11H11BrO5. The number of hydrogen-bond acceptors (Lipinski definition) is 4. The van der Waals surface area contributed by atoms with Crippen LogP contribution in [-0.4, -0.2) is 29.4 Å². The second-order valence-electron chi connectivity index (χ2n) is 3.58. The summed E-state index contributed by atoms with van der Waals surface area (Å²) in [6, 6.07) is 3.32. The smallest absolute Gasteiger partial charge is 0.337 e. The first-order valence-electron chi connectivity index (χ1n) is 5.10. The Labute approximate surface area is 106 Å². The molecule has 1 unspecified atom stereocenters. The fourth-order valence-electron chi connectivity index (χ4n) is 1.61. The van der Waals surface area contributed by atoms with Crippen LogP contribution >= 0.6 is 15.9 Å². The molecule has 2 N–H and O–H groups in total. The minimum Gasteiger partial charge on any atom is -0.490 e. The Morgan fingerprint density at radius 3 is 2.76 bits per heavy atom. The number of benzene rings is 1. The largest absolute Gasteiger partial charge is 0.490 e. The van der Waals surface area contributed by atoms with Gasteiger partial charge in [0.2, 0.25) is 0 Å². The molecule has 1 aliphatic heterocycles. The van der Waals surface area contributed by atoms with Gasteiger partial charge >= 0.3 is 5.97 Å². The van der Waals surface area contributed by atoms with Crippen molar-refractivity contribution < 1.29 is 24.5 Å². The SMILES string of the molecule is O=C(O)C(O)c1c(Br)ccc2c1OCCCO2. The lowest BCUT2D eigenvalue weighted by atomic mass is 10.1. The Morgan fingerprint density at radius 1 is 1.35 bits per heavy atom. The minimum atomic E-state index is -1.64. The molecule has 1 aromatic rings. The molecule has 1 aromatic carbocycles. The van der Waals surface area contributed by atoms with Gasteiger partial charge in [-0.2, -0.15) is 0 Å². The van der Waals surface area contributed by atoms with Crippen LogP contribution in [0.2, 0.25) is 0 Å². The number of aliphatic carboxylic acids is 1. The van der Waals surface area contributed by atoms with Crippen molar-refractivity contribution in [3.63, 3.8) is 0 Å². The first-order chi connectivity index (χ1) is 8.11. The van der Waals surface area contributed by atoms with Gasteiger partial charge in [-0.15, -0.1) is 0 Å². The zero-order chi connectivity index (χ0) is 12.4. The summed E-state index contributed by atoms with van der Waals surface area (Å²) in [5.41, 5.74) is 0.192. The van der Waals surface area contributed by atoms with E-state index in [1.54, 1.807) is 12.1 Å². The maximum Gasteiger partial charge on any atom is 0.337 e. The second kappa shape index (κ2) is 4.93. The summed E-state index contributed by atoms with van der Waals surface area (Å²) in [5.74, 6) is -0.570. The van der Waals surface area contributed by atoms with Crippen LogP contribution in [-0.2, 0) is 4.79 Å². The molecule has 92 valence electrons. The third-order valence-corrected chi connectivity index (χ3v) is 3.10. The van der Waals surface area contributed by atoms with Crippen LogP contribution in [0.4, 0.5) is 0 Å². The normalized spacial score (nSPS) is 16.1. The average Bonchev–Trinajstić information content (AvgIpc) is 2.53. The molecule has 0 aliphatic carbocycles. The van der Waals surface area contributed by atoms with Gasteiger partial charge in [-0.25, -0.2) is 4.79 Å². The number of hydrogen-bond donors (Lipinski definition) is 2. The molecule has 2 rings (SSSR count). The van der Waals surface area contributed by atoms with Gasteiger partial charge in [0.05, 0.1) is 18.8 Å². The number of ether oxygens (including phenoxy) is 2. The van der Waals surface area contributed by atoms with Crippen LogP contribution in [0.15, 0.2) is 16.6 Å². The van der Waals surface area contributed by atoms with Gasteiger partial charge in [0.25, 0.3) is 0 Å². The maximum absolute atomic E-state index is 10.9. The predicted octanol–water partition coefficient (Wildman–Crippen LogP) is 1.73. The lowest BCUT2D eigenvalue weighted by molar-refractivity contribution is -0.147. The second-order valence-corrected chi connectivity index (χ2v) is 4.43. The van der Waals surface area contributed by atoms with E-state index in [2.05, 4.69) is 15.9 Å². The number of carbonyl (C=O) groups is 1. The van der Waals surface area contributed by atoms with Crippen LogP contribution in [0.3, 0.4) is 0 Å². The lowest BCUT2D eigenvalue weighted by Crippen LogP contribution is -2.13. The van der Waals surface area contributed by atoms with E-state index in [-0.39, 0.29) is 5.56 Å². The molecule has 5 nitrogen and oxygen atoms in total. The monoisotopic (exact) mass is 302 g/mol. The van der Waals surface area contributed by atoms with Gasteiger partial charge in [0.1, 0.15) is 0 Å². The number of halogens is 1. The van der Waals surface area contributed by atoms with Crippen LogP contribution in [0.5, 0.6) is 11.5 Å². The van der Waals surface area contributed by atoms with Gasteiger partial charge in [-0.1, -0.05) is 15.9 Å². The Hall–Kier alpha value is -1.27. The van der Waals surface area contributed by atoms with Crippen LogP contribution in [0, 0.1) is 0 Å². The molecule has 0 fully saturated rings. The molecule has 0 spiro atoms. The van der Waals surface area contributed by atoms with Crippen molar-refractivity contribution in [2.45, 2.75) is 12.5 Å². The number of carboxylic acids is 1. The topological polar surface area (TPSA) is 76.0 Å². The lowest BCUT2D eigenvalue weighted by Gasteiger charge is -2.16. The van der Waals surface area contributed by atoms with Crippen molar-refractivity contribution in [2.24, 2.45) is 0 Å². The van der Waals surface area contributed by atoms with Gasteiger partial charge in [-0.05, 0) is 12.1 Å². The maximum atomic E-state index is 10.9. The standard InChI is InChI=1S/C11H11BrO5/c12-6-2-3-7-10(17-5-1-4-16-7)8(6)9(13)11(14)15/h2-3,9,13H,1,4-5H2,(H,14,15). The van der Waals surface area contributed by atoms with Gasteiger partial charge in [0.15, 0.2) is 17.6 Å². The van der Waals surface area contributed by atoms with E-state index in [4.69, 9.17) is 14.6 Å². The summed E-state index contributed by atoms with van der Waals surface area (Å²) in [5, 5.41) is 18.5. The molecule has 1 heterocycles. The fourth-order valence-corrected chi connectivity index (χ4v) is 2.14. The van der Waals surface area contributed by atoms with E-state index in [0.717, 1.165) is 6.42 Å². The van der Waals surface area contributed by atoms with Crippen LogP contribution in [0.1, 0.15) is 18.1 Å². The number of aliphatic hydroxyl groups is 1. The molecule has 17 heavy (non-hydrogen) atoms. The average molecular weight is 303 g/mol. The van der Waals surface area contributed by atoms with E-state index in [1.807, 2.05) is 0 Å². The Kier molecular flexibility index (Phi) is 3.54. The summed E-state index contributed by atoms with van der Waals surface area (Å²) >= 11 is 3.21. The Bertz CT molecular complexity index is 446. The van der Waals surface area contributed by atoms with E-state index in [0.29, 0.717) is 29.2 Å². The third-order valence-electron chi connectivity index (χ3n) is 2.41. The molecule has 6 heteroatoms. The summed E-state index contributed by atoms with van der Waals surface area (Å²) < 4.78 is 11.4. The summed E-state index contributed by atoms with van der Waals surface area (Å²) in [4.78, 5) is 10.9.